The fourth-order valence-corrected chi connectivity index (χ4v) is 2.25. The van der Waals surface area contributed by atoms with Crippen LogP contribution in [-0.2, 0) is 6.54 Å². The summed E-state index contributed by atoms with van der Waals surface area (Å²) in [4.78, 5) is 15.1. The molecule has 0 radical (unpaired) electrons. The summed E-state index contributed by atoms with van der Waals surface area (Å²) < 4.78 is 13.5. The molecule has 1 aliphatic heterocycles. The van der Waals surface area contributed by atoms with E-state index in [0.717, 1.165) is 37.3 Å². The summed E-state index contributed by atoms with van der Waals surface area (Å²) in [5.41, 5.74) is 8.69. The van der Waals surface area contributed by atoms with Gasteiger partial charge in [0.2, 0.25) is 0 Å². The van der Waals surface area contributed by atoms with Gasteiger partial charge in [-0.25, -0.2) is 14.6 Å². The Morgan fingerprint density at radius 3 is 2.81 bits per heavy atom. The number of carbonyl (C=O) groups excluding carboxylic acids is 1. The largest absolute Gasteiger partial charge is 0.350 e. The van der Waals surface area contributed by atoms with Gasteiger partial charge in [-0.15, -0.1) is 0 Å². The van der Waals surface area contributed by atoms with Gasteiger partial charge in [0, 0.05) is 32.7 Å². The number of urea groups is 1. The lowest BCUT2D eigenvalue weighted by molar-refractivity contribution is 0.148. The molecule has 1 aromatic rings. The van der Waals surface area contributed by atoms with Gasteiger partial charge in [-0.1, -0.05) is 6.07 Å². The van der Waals surface area contributed by atoms with Crippen LogP contribution in [0.15, 0.2) is 23.3 Å². The lowest BCUT2D eigenvalue weighted by Gasteiger charge is -2.32. The summed E-state index contributed by atoms with van der Waals surface area (Å²) in [6, 6.07) is 3.80. The molecule has 1 fully saturated rings. The maximum atomic E-state index is 13.5. The van der Waals surface area contributed by atoms with E-state index < -0.39 is 6.03 Å². The van der Waals surface area contributed by atoms with Gasteiger partial charge in [-0.3, -0.25) is 4.90 Å². The number of hydrogen-bond acceptors (Lipinski definition) is 4. The predicted octanol–water partition coefficient (Wildman–Crippen LogP) is 0.575. The number of benzene rings is 1. The number of piperazine rings is 1. The summed E-state index contributed by atoms with van der Waals surface area (Å²) in [6.45, 7) is 4.56. The first-order chi connectivity index (χ1) is 10.0. The number of nitrogens with one attached hydrogen (secondary N) is 1. The average Bonchev–Trinajstić information content (AvgIpc) is 2.43. The zero-order chi connectivity index (χ0) is 15.2. The molecule has 0 saturated carbocycles. The van der Waals surface area contributed by atoms with Crippen molar-refractivity contribution in [2.45, 2.75) is 6.54 Å². The lowest BCUT2D eigenvalue weighted by atomic mass is 10.1. The van der Waals surface area contributed by atoms with Crippen molar-refractivity contribution >= 4 is 12.2 Å². The van der Waals surface area contributed by atoms with Crippen LogP contribution in [0, 0.1) is 5.82 Å². The number of halogens is 1. The molecule has 21 heavy (non-hydrogen) atoms. The van der Waals surface area contributed by atoms with E-state index in [-0.39, 0.29) is 5.82 Å². The monoisotopic (exact) mass is 293 g/mol. The Morgan fingerprint density at radius 2 is 2.14 bits per heavy atom. The molecule has 6 nitrogen and oxygen atoms in total. The van der Waals surface area contributed by atoms with Gasteiger partial charge in [0.05, 0.1) is 6.21 Å². The zero-order valence-corrected chi connectivity index (χ0v) is 12.1. The highest BCUT2D eigenvalue weighted by molar-refractivity contribution is 5.83. The molecule has 7 heteroatoms. The molecular formula is C14H20FN5O. The third-order valence-electron chi connectivity index (χ3n) is 3.47. The molecular weight excluding hydrogens is 273 g/mol. The van der Waals surface area contributed by atoms with E-state index in [1.807, 2.05) is 0 Å². The van der Waals surface area contributed by atoms with Gasteiger partial charge in [0.1, 0.15) is 5.82 Å². The first-order valence-corrected chi connectivity index (χ1v) is 6.82. The second kappa shape index (κ2) is 7.14. The molecule has 1 heterocycles. The average molecular weight is 293 g/mol. The van der Waals surface area contributed by atoms with Gasteiger partial charge < -0.3 is 10.6 Å². The summed E-state index contributed by atoms with van der Waals surface area (Å²) in [7, 11) is 2.09. The molecule has 114 valence electrons. The summed E-state index contributed by atoms with van der Waals surface area (Å²) in [5, 5.41) is 3.74. The zero-order valence-electron chi connectivity index (χ0n) is 12.1. The molecule has 3 N–H and O–H groups in total. The highest BCUT2D eigenvalue weighted by atomic mass is 19.1. The Morgan fingerprint density at radius 1 is 1.43 bits per heavy atom. The smallest absolute Gasteiger partial charge is 0.332 e. The molecule has 0 atom stereocenters. The van der Waals surface area contributed by atoms with Crippen LogP contribution in [0.4, 0.5) is 9.18 Å². The molecule has 0 unspecified atom stereocenters. The van der Waals surface area contributed by atoms with E-state index in [4.69, 9.17) is 5.73 Å². The van der Waals surface area contributed by atoms with Gasteiger partial charge in [0.15, 0.2) is 0 Å². The molecule has 2 rings (SSSR count). The van der Waals surface area contributed by atoms with Gasteiger partial charge in [0.25, 0.3) is 0 Å². The summed E-state index contributed by atoms with van der Waals surface area (Å²) in [5.74, 6) is -0.279. The van der Waals surface area contributed by atoms with Crippen LogP contribution < -0.4 is 11.2 Å². The number of hydrogen-bond donors (Lipinski definition) is 2. The normalized spacial score (nSPS) is 17.2. The fourth-order valence-electron chi connectivity index (χ4n) is 2.25. The molecule has 1 aromatic carbocycles. The van der Waals surface area contributed by atoms with Crippen molar-refractivity contribution in [2.75, 3.05) is 33.2 Å². The number of amides is 2. The van der Waals surface area contributed by atoms with Crippen LogP contribution in [0.3, 0.4) is 0 Å². The van der Waals surface area contributed by atoms with E-state index in [1.54, 1.807) is 6.07 Å². The fraction of sp³-hybridized carbons (Fsp3) is 0.429. The van der Waals surface area contributed by atoms with E-state index in [9.17, 15) is 9.18 Å². The summed E-state index contributed by atoms with van der Waals surface area (Å²) >= 11 is 0. The van der Waals surface area contributed by atoms with E-state index in [2.05, 4.69) is 27.4 Å². The Kier molecular flexibility index (Phi) is 5.24. The molecule has 0 bridgehead atoms. The van der Waals surface area contributed by atoms with Crippen LogP contribution in [0.2, 0.25) is 0 Å². The van der Waals surface area contributed by atoms with Gasteiger partial charge in [-0.05, 0) is 30.3 Å². The number of primary amides is 1. The van der Waals surface area contributed by atoms with Crippen molar-refractivity contribution in [2.24, 2.45) is 10.8 Å². The molecule has 0 aliphatic carbocycles. The topological polar surface area (TPSA) is 74.0 Å². The van der Waals surface area contributed by atoms with E-state index >= 15 is 0 Å². The van der Waals surface area contributed by atoms with Gasteiger partial charge in [-0.2, -0.15) is 5.10 Å². The standard InChI is InChI=1S/C14H20FN5O/c1-19-4-6-20(7-5-19)10-12-8-13(15)3-2-11(12)9-17-18-14(16)21/h2-3,8-9H,4-7,10H2,1H3,(H3,16,18,21). The van der Waals surface area contributed by atoms with Crippen molar-refractivity contribution in [1.82, 2.24) is 15.2 Å². The van der Waals surface area contributed by atoms with Crippen LogP contribution in [0.25, 0.3) is 0 Å². The number of hydrazone groups is 1. The highest BCUT2D eigenvalue weighted by Gasteiger charge is 2.15. The Balaban J connectivity index is 2.07. The Bertz CT molecular complexity index is 526. The maximum Gasteiger partial charge on any atom is 0.332 e. The maximum absolute atomic E-state index is 13.5. The number of nitrogens with zero attached hydrogens (tertiary/aromatic N) is 3. The molecule has 0 aromatic heterocycles. The van der Waals surface area contributed by atoms with Crippen molar-refractivity contribution in [3.63, 3.8) is 0 Å². The van der Waals surface area contributed by atoms with E-state index in [1.165, 1.54) is 18.3 Å². The highest BCUT2D eigenvalue weighted by Crippen LogP contribution is 2.14. The minimum absolute atomic E-state index is 0.279. The number of carbonyl (C=O) groups is 1. The molecule has 1 aliphatic rings. The van der Waals surface area contributed by atoms with E-state index in [0.29, 0.717) is 6.54 Å². The third-order valence-corrected chi connectivity index (χ3v) is 3.47. The first-order valence-electron chi connectivity index (χ1n) is 6.82. The second-order valence-corrected chi connectivity index (χ2v) is 5.16. The summed E-state index contributed by atoms with van der Waals surface area (Å²) in [6.07, 6.45) is 1.48. The number of likely N-dealkylation sites (N-methyl/N-ethyl adjacent to an activating group) is 1. The van der Waals surface area contributed by atoms with Crippen LogP contribution in [-0.4, -0.2) is 55.3 Å². The number of nitrogens with two attached hydrogens (primary N) is 1. The van der Waals surface area contributed by atoms with Gasteiger partial charge >= 0.3 is 6.03 Å². The van der Waals surface area contributed by atoms with Crippen LogP contribution in [0.5, 0.6) is 0 Å². The van der Waals surface area contributed by atoms with Crippen molar-refractivity contribution in [3.05, 3.63) is 35.1 Å². The molecule has 2 amide bonds. The molecule has 1 saturated heterocycles. The number of rotatable bonds is 4. The molecule has 0 spiro atoms. The van der Waals surface area contributed by atoms with Crippen molar-refractivity contribution in [1.29, 1.82) is 0 Å². The van der Waals surface area contributed by atoms with Crippen LogP contribution in [0.1, 0.15) is 11.1 Å². The minimum Gasteiger partial charge on any atom is -0.350 e. The van der Waals surface area contributed by atoms with Crippen LogP contribution >= 0.6 is 0 Å². The SMILES string of the molecule is CN1CCN(Cc2cc(F)ccc2C=NNC(N)=O)CC1. The predicted molar refractivity (Wildman–Crippen MR) is 79.5 cm³/mol. The third kappa shape index (κ3) is 4.80. The Hall–Kier alpha value is -1.99. The Labute approximate surface area is 123 Å². The first kappa shape index (κ1) is 15.4. The lowest BCUT2D eigenvalue weighted by Crippen LogP contribution is -2.44. The quantitative estimate of drug-likeness (QED) is 0.630. The van der Waals surface area contributed by atoms with Crippen molar-refractivity contribution < 1.29 is 9.18 Å². The second-order valence-electron chi connectivity index (χ2n) is 5.16. The van der Waals surface area contributed by atoms with Crippen molar-refractivity contribution in [3.8, 4) is 0 Å². The minimum atomic E-state index is -0.728.